The molecule has 150 valence electrons. The molecule has 0 aliphatic heterocycles. The Kier molecular flexibility index (Phi) is 7.69. The molecule has 2 aromatic carbocycles. The van der Waals surface area contributed by atoms with E-state index >= 15 is 0 Å². The van der Waals surface area contributed by atoms with Gasteiger partial charge in [0.15, 0.2) is 0 Å². The molecule has 0 saturated heterocycles. The summed E-state index contributed by atoms with van der Waals surface area (Å²) in [5.41, 5.74) is 6.35. The van der Waals surface area contributed by atoms with Crippen LogP contribution in [0.25, 0.3) is 6.08 Å². The molecular weight excluding hydrogens is 338 g/mol. The van der Waals surface area contributed by atoms with Crippen LogP contribution in [0, 0.1) is 0 Å². The van der Waals surface area contributed by atoms with E-state index in [1.807, 2.05) is 0 Å². The molecule has 0 aliphatic rings. The van der Waals surface area contributed by atoms with Gasteiger partial charge in [0.05, 0.1) is 0 Å². The molecule has 0 aromatic heterocycles. The summed E-state index contributed by atoms with van der Waals surface area (Å²) < 4.78 is 0. The van der Waals surface area contributed by atoms with Crippen LogP contribution >= 0.6 is 0 Å². The van der Waals surface area contributed by atoms with Crippen LogP contribution in [-0.4, -0.2) is 13.1 Å². The van der Waals surface area contributed by atoms with Crippen molar-refractivity contribution in [1.29, 1.82) is 0 Å². The smallest absolute Gasteiger partial charge is 0.0366 e. The molecule has 0 aliphatic carbocycles. The van der Waals surface area contributed by atoms with E-state index in [1.54, 1.807) is 0 Å². The third-order valence-electron chi connectivity index (χ3n) is 6.08. The van der Waals surface area contributed by atoms with Crippen molar-refractivity contribution < 1.29 is 0 Å². The molecule has 1 nitrogen and oxygen atoms in total. The van der Waals surface area contributed by atoms with E-state index in [1.165, 1.54) is 22.4 Å². The summed E-state index contributed by atoms with van der Waals surface area (Å²) in [6, 6.07) is 17.6. The lowest BCUT2D eigenvalue weighted by atomic mass is 9.74. The second-order valence-electron chi connectivity index (χ2n) is 8.14. The van der Waals surface area contributed by atoms with E-state index in [-0.39, 0.29) is 5.41 Å². The predicted molar refractivity (Wildman–Crippen MR) is 126 cm³/mol. The van der Waals surface area contributed by atoms with E-state index in [2.05, 4.69) is 114 Å². The number of nitrogens with zero attached hydrogens (tertiary/aromatic N) is 1. The molecule has 0 radical (unpaired) electrons. The second-order valence-corrected chi connectivity index (χ2v) is 8.14. The SMILES string of the molecule is C=C(C=Cc1ccc(N(CC)CC)cc1)C(C)(C)c1ccccc1C(C)CC. The minimum Gasteiger partial charge on any atom is -0.372 e. The zero-order valence-electron chi connectivity index (χ0n) is 18.6. The maximum absolute atomic E-state index is 4.42. The molecule has 1 unspecified atom stereocenters. The fourth-order valence-corrected chi connectivity index (χ4v) is 3.68. The van der Waals surface area contributed by atoms with Gasteiger partial charge >= 0.3 is 0 Å². The first-order chi connectivity index (χ1) is 13.3. The number of hydrogen-bond donors (Lipinski definition) is 0. The molecule has 28 heavy (non-hydrogen) atoms. The molecule has 0 spiro atoms. The van der Waals surface area contributed by atoms with E-state index in [0.29, 0.717) is 5.92 Å². The topological polar surface area (TPSA) is 3.24 Å². The molecule has 0 fully saturated rings. The van der Waals surface area contributed by atoms with Gasteiger partial charge in [0.25, 0.3) is 0 Å². The molecule has 0 heterocycles. The summed E-state index contributed by atoms with van der Waals surface area (Å²) in [6.45, 7) is 20.0. The first-order valence-electron chi connectivity index (χ1n) is 10.7. The number of allylic oxidation sites excluding steroid dienone is 2. The van der Waals surface area contributed by atoms with Crippen molar-refractivity contribution >= 4 is 11.8 Å². The summed E-state index contributed by atoms with van der Waals surface area (Å²) in [4.78, 5) is 2.36. The Morgan fingerprint density at radius 2 is 1.61 bits per heavy atom. The molecule has 1 heteroatoms. The number of anilines is 1. The fourth-order valence-electron chi connectivity index (χ4n) is 3.68. The third kappa shape index (κ3) is 4.95. The van der Waals surface area contributed by atoms with Crippen molar-refractivity contribution in [3.8, 4) is 0 Å². The van der Waals surface area contributed by atoms with Gasteiger partial charge in [0.1, 0.15) is 0 Å². The van der Waals surface area contributed by atoms with Crippen molar-refractivity contribution in [2.45, 2.75) is 59.3 Å². The van der Waals surface area contributed by atoms with Crippen molar-refractivity contribution in [1.82, 2.24) is 0 Å². The Labute approximate surface area is 172 Å². The molecule has 1 atom stereocenters. The summed E-state index contributed by atoms with van der Waals surface area (Å²) in [7, 11) is 0. The van der Waals surface area contributed by atoms with Gasteiger partial charge in [-0.3, -0.25) is 0 Å². The first-order valence-corrected chi connectivity index (χ1v) is 10.7. The Morgan fingerprint density at radius 3 is 2.18 bits per heavy atom. The lowest BCUT2D eigenvalue weighted by molar-refractivity contribution is 0.613. The van der Waals surface area contributed by atoms with Crippen molar-refractivity contribution in [3.05, 3.63) is 83.4 Å². The molecule has 0 amide bonds. The number of benzene rings is 2. The molecule has 0 bridgehead atoms. The van der Waals surface area contributed by atoms with Gasteiger partial charge in [0.2, 0.25) is 0 Å². The monoisotopic (exact) mass is 375 g/mol. The van der Waals surface area contributed by atoms with Gasteiger partial charge in [-0.15, -0.1) is 0 Å². The molecule has 0 N–H and O–H groups in total. The van der Waals surface area contributed by atoms with Gasteiger partial charge in [0, 0.05) is 24.2 Å². The maximum Gasteiger partial charge on any atom is 0.0366 e. The van der Waals surface area contributed by atoms with E-state index < -0.39 is 0 Å². The largest absolute Gasteiger partial charge is 0.372 e. The first kappa shape index (κ1) is 22.0. The van der Waals surface area contributed by atoms with Crippen LogP contribution in [0.4, 0.5) is 5.69 Å². The molecule has 0 saturated carbocycles. The Balaban J connectivity index is 2.22. The van der Waals surface area contributed by atoms with E-state index in [9.17, 15) is 0 Å². The van der Waals surface area contributed by atoms with Crippen LogP contribution in [0.15, 0.2) is 66.8 Å². The van der Waals surface area contributed by atoms with Crippen molar-refractivity contribution in [3.63, 3.8) is 0 Å². The van der Waals surface area contributed by atoms with Crippen LogP contribution in [0.2, 0.25) is 0 Å². The van der Waals surface area contributed by atoms with Gasteiger partial charge in [-0.1, -0.05) is 82.8 Å². The lowest BCUT2D eigenvalue weighted by Gasteiger charge is -2.30. The van der Waals surface area contributed by atoms with E-state index in [0.717, 1.165) is 25.1 Å². The summed E-state index contributed by atoms with van der Waals surface area (Å²) in [6.07, 6.45) is 5.51. The quantitative estimate of drug-likeness (QED) is 0.408. The minimum atomic E-state index is -0.0995. The van der Waals surface area contributed by atoms with Crippen LogP contribution in [0.1, 0.15) is 70.6 Å². The predicted octanol–water partition coefficient (Wildman–Crippen LogP) is 7.59. The van der Waals surface area contributed by atoms with E-state index in [4.69, 9.17) is 0 Å². The highest BCUT2D eigenvalue weighted by atomic mass is 15.1. The van der Waals surface area contributed by atoms with Gasteiger partial charge < -0.3 is 4.90 Å². The Hall–Kier alpha value is -2.28. The molecule has 2 aromatic rings. The highest BCUT2D eigenvalue weighted by Gasteiger charge is 2.26. The van der Waals surface area contributed by atoms with Crippen molar-refractivity contribution in [2.24, 2.45) is 0 Å². The summed E-state index contributed by atoms with van der Waals surface area (Å²) >= 11 is 0. The minimum absolute atomic E-state index is 0.0995. The zero-order chi connectivity index (χ0) is 20.7. The number of hydrogen-bond acceptors (Lipinski definition) is 1. The van der Waals surface area contributed by atoms with Gasteiger partial charge in [-0.05, 0) is 60.6 Å². The summed E-state index contributed by atoms with van der Waals surface area (Å²) in [5, 5.41) is 0. The van der Waals surface area contributed by atoms with Crippen LogP contribution < -0.4 is 4.90 Å². The van der Waals surface area contributed by atoms with Crippen LogP contribution in [0.5, 0.6) is 0 Å². The highest BCUT2D eigenvalue weighted by Crippen LogP contribution is 2.37. The average molecular weight is 376 g/mol. The second kappa shape index (κ2) is 9.78. The van der Waals surface area contributed by atoms with Crippen molar-refractivity contribution in [2.75, 3.05) is 18.0 Å². The summed E-state index contributed by atoms with van der Waals surface area (Å²) in [5.74, 6) is 0.555. The lowest BCUT2D eigenvalue weighted by Crippen LogP contribution is -2.21. The number of rotatable bonds is 9. The Bertz CT molecular complexity index is 791. The zero-order valence-corrected chi connectivity index (χ0v) is 18.6. The standard InChI is InChI=1S/C27H37N/c1-8-21(4)25-13-11-12-14-26(25)27(6,7)22(5)15-16-23-17-19-24(20-18-23)28(9-2)10-3/h11-21H,5,8-10H2,1-4,6-7H3. The van der Waals surface area contributed by atoms with Crippen LogP contribution in [0.3, 0.4) is 0 Å². The third-order valence-corrected chi connectivity index (χ3v) is 6.08. The average Bonchev–Trinajstić information content (AvgIpc) is 2.73. The highest BCUT2D eigenvalue weighted by molar-refractivity contribution is 5.59. The normalized spacial score (nSPS) is 12.9. The fraction of sp³-hybridized carbons (Fsp3) is 0.407. The molecule has 2 rings (SSSR count). The van der Waals surface area contributed by atoms with Gasteiger partial charge in [-0.25, -0.2) is 0 Å². The van der Waals surface area contributed by atoms with Crippen LogP contribution in [-0.2, 0) is 5.41 Å². The Morgan fingerprint density at radius 1 is 1.00 bits per heavy atom. The van der Waals surface area contributed by atoms with Gasteiger partial charge in [-0.2, -0.15) is 0 Å². The maximum atomic E-state index is 4.42. The molecular formula is C27H37N.